The van der Waals surface area contributed by atoms with Gasteiger partial charge in [-0.3, -0.25) is 5.32 Å². The smallest absolute Gasteiger partial charge is 0.139 e. The molecule has 2 heteroatoms. The highest BCUT2D eigenvalue weighted by molar-refractivity contribution is 5.39. The van der Waals surface area contributed by atoms with Crippen LogP contribution in [0.1, 0.15) is 24.0 Å². The van der Waals surface area contributed by atoms with Gasteiger partial charge < -0.3 is 4.74 Å². The van der Waals surface area contributed by atoms with E-state index in [2.05, 4.69) is 37.4 Å². The summed E-state index contributed by atoms with van der Waals surface area (Å²) in [4.78, 5) is 0. The van der Waals surface area contributed by atoms with Crippen LogP contribution in [0.4, 0.5) is 0 Å². The van der Waals surface area contributed by atoms with E-state index in [4.69, 9.17) is 4.74 Å². The van der Waals surface area contributed by atoms with Crippen LogP contribution in [0.2, 0.25) is 0 Å². The molecule has 0 atom stereocenters. The topological polar surface area (TPSA) is 21.3 Å². The van der Waals surface area contributed by atoms with Crippen LogP contribution < -0.4 is 10.1 Å². The molecule has 0 spiro atoms. The monoisotopic (exact) mass is 191 g/mol. The molecular weight excluding hydrogens is 174 g/mol. The Morgan fingerprint density at radius 2 is 1.93 bits per heavy atom. The van der Waals surface area contributed by atoms with Gasteiger partial charge in [-0.2, -0.15) is 0 Å². The minimum absolute atomic E-state index is 0.635. The first kappa shape index (κ1) is 9.53. The highest BCUT2D eigenvalue weighted by Gasteiger charge is 2.20. The Hall–Kier alpha value is -1.02. The molecule has 0 heterocycles. The summed E-state index contributed by atoms with van der Waals surface area (Å²) in [6.45, 7) is 4.80. The lowest BCUT2D eigenvalue weighted by atomic mass is 10.1. The van der Waals surface area contributed by atoms with E-state index in [0.717, 1.165) is 5.75 Å². The van der Waals surface area contributed by atoms with Crippen molar-refractivity contribution in [2.45, 2.75) is 32.7 Å². The molecular formula is C12H17NO. The van der Waals surface area contributed by atoms with Crippen molar-refractivity contribution in [3.8, 4) is 5.75 Å². The standard InChI is InChI=1S/C12H17NO/c1-9-4-3-5-10(2)12(9)14-8-13-11-6-7-11/h3-5,11,13H,6-8H2,1-2H3. The lowest BCUT2D eigenvalue weighted by molar-refractivity contribution is 0.278. The molecule has 2 nitrogen and oxygen atoms in total. The van der Waals surface area contributed by atoms with Crippen LogP contribution in [0.15, 0.2) is 18.2 Å². The van der Waals surface area contributed by atoms with E-state index in [1.807, 2.05) is 0 Å². The summed E-state index contributed by atoms with van der Waals surface area (Å²) in [6.07, 6.45) is 2.60. The third kappa shape index (κ3) is 2.26. The second-order valence-corrected chi connectivity index (χ2v) is 3.99. The van der Waals surface area contributed by atoms with Gasteiger partial charge in [-0.1, -0.05) is 18.2 Å². The van der Waals surface area contributed by atoms with E-state index in [1.165, 1.54) is 24.0 Å². The number of nitrogens with one attached hydrogen (secondary N) is 1. The molecule has 76 valence electrons. The van der Waals surface area contributed by atoms with Gasteiger partial charge in [0, 0.05) is 6.04 Å². The minimum Gasteiger partial charge on any atom is -0.478 e. The fraction of sp³-hybridized carbons (Fsp3) is 0.500. The minimum atomic E-state index is 0.635. The molecule has 1 saturated carbocycles. The molecule has 1 aromatic carbocycles. The SMILES string of the molecule is Cc1cccc(C)c1OCNC1CC1. The third-order valence-corrected chi connectivity index (χ3v) is 2.57. The maximum Gasteiger partial charge on any atom is 0.139 e. The molecule has 2 rings (SSSR count). The van der Waals surface area contributed by atoms with Gasteiger partial charge in [0.05, 0.1) is 0 Å². The molecule has 1 aliphatic carbocycles. The molecule has 14 heavy (non-hydrogen) atoms. The zero-order valence-electron chi connectivity index (χ0n) is 8.84. The average Bonchev–Trinajstić information content (AvgIpc) is 2.94. The highest BCUT2D eigenvalue weighted by atomic mass is 16.5. The second-order valence-electron chi connectivity index (χ2n) is 3.99. The van der Waals surface area contributed by atoms with Crippen LogP contribution in [0, 0.1) is 13.8 Å². The Kier molecular flexibility index (Phi) is 2.73. The van der Waals surface area contributed by atoms with Crippen LogP contribution in [0.5, 0.6) is 5.75 Å². The van der Waals surface area contributed by atoms with Gasteiger partial charge in [-0.05, 0) is 37.8 Å². The number of aryl methyl sites for hydroxylation is 2. The molecule has 0 radical (unpaired) electrons. The summed E-state index contributed by atoms with van der Waals surface area (Å²) in [5.74, 6) is 1.03. The van der Waals surface area contributed by atoms with Crippen molar-refractivity contribution in [1.29, 1.82) is 0 Å². The molecule has 1 aromatic rings. The first-order valence-electron chi connectivity index (χ1n) is 5.20. The molecule has 0 amide bonds. The number of ether oxygens (including phenoxy) is 1. The lowest BCUT2D eigenvalue weighted by Gasteiger charge is -2.11. The molecule has 0 unspecified atom stereocenters. The van der Waals surface area contributed by atoms with E-state index < -0.39 is 0 Å². The lowest BCUT2D eigenvalue weighted by Crippen LogP contribution is -2.22. The molecule has 1 N–H and O–H groups in total. The predicted octanol–water partition coefficient (Wildman–Crippen LogP) is 2.39. The third-order valence-electron chi connectivity index (χ3n) is 2.57. The van der Waals surface area contributed by atoms with Gasteiger partial charge in [0.2, 0.25) is 0 Å². The Labute approximate surface area is 85.3 Å². The second kappa shape index (κ2) is 4.01. The summed E-state index contributed by atoms with van der Waals surface area (Å²) in [7, 11) is 0. The number of benzene rings is 1. The van der Waals surface area contributed by atoms with E-state index in [-0.39, 0.29) is 0 Å². The first-order chi connectivity index (χ1) is 6.77. The molecule has 0 bridgehead atoms. The van der Waals surface area contributed by atoms with Crippen LogP contribution >= 0.6 is 0 Å². The van der Waals surface area contributed by atoms with E-state index in [0.29, 0.717) is 12.8 Å². The van der Waals surface area contributed by atoms with Crippen molar-refractivity contribution in [3.63, 3.8) is 0 Å². The zero-order chi connectivity index (χ0) is 9.97. The van der Waals surface area contributed by atoms with Gasteiger partial charge in [0.15, 0.2) is 0 Å². The van der Waals surface area contributed by atoms with E-state index in [1.54, 1.807) is 0 Å². The van der Waals surface area contributed by atoms with E-state index in [9.17, 15) is 0 Å². The largest absolute Gasteiger partial charge is 0.478 e. The molecule has 0 aromatic heterocycles. The van der Waals surface area contributed by atoms with Crippen molar-refractivity contribution < 1.29 is 4.74 Å². The van der Waals surface area contributed by atoms with Gasteiger partial charge in [0.1, 0.15) is 12.5 Å². The van der Waals surface area contributed by atoms with Crippen molar-refractivity contribution in [3.05, 3.63) is 29.3 Å². The quantitative estimate of drug-likeness (QED) is 0.738. The number of hydrogen-bond donors (Lipinski definition) is 1. The fourth-order valence-corrected chi connectivity index (χ4v) is 1.55. The van der Waals surface area contributed by atoms with Crippen LogP contribution in [-0.2, 0) is 0 Å². The zero-order valence-corrected chi connectivity index (χ0v) is 8.84. The Morgan fingerprint density at radius 3 is 2.50 bits per heavy atom. The predicted molar refractivity (Wildman–Crippen MR) is 57.6 cm³/mol. The summed E-state index contributed by atoms with van der Waals surface area (Å²) in [5, 5.41) is 3.34. The van der Waals surface area contributed by atoms with Gasteiger partial charge in [-0.15, -0.1) is 0 Å². The first-order valence-corrected chi connectivity index (χ1v) is 5.20. The van der Waals surface area contributed by atoms with Gasteiger partial charge >= 0.3 is 0 Å². The molecule has 1 fully saturated rings. The maximum atomic E-state index is 5.71. The highest BCUT2D eigenvalue weighted by Crippen LogP contribution is 2.23. The Bertz CT molecular complexity index is 298. The van der Waals surface area contributed by atoms with Crippen LogP contribution in [0.25, 0.3) is 0 Å². The number of hydrogen-bond acceptors (Lipinski definition) is 2. The van der Waals surface area contributed by atoms with Crippen LogP contribution in [0.3, 0.4) is 0 Å². The summed E-state index contributed by atoms with van der Waals surface area (Å²) in [5.41, 5.74) is 2.42. The van der Waals surface area contributed by atoms with Gasteiger partial charge in [-0.25, -0.2) is 0 Å². The van der Waals surface area contributed by atoms with Crippen molar-refractivity contribution in [1.82, 2.24) is 5.32 Å². The number of para-hydroxylation sites is 1. The molecule has 0 aliphatic heterocycles. The fourth-order valence-electron chi connectivity index (χ4n) is 1.55. The normalized spacial score (nSPS) is 15.6. The summed E-state index contributed by atoms with van der Waals surface area (Å²) in [6, 6.07) is 6.93. The number of rotatable bonds is 4. The van der Waals surface area contributed by atoms with Gasteiger partial charge in [0.25, 0.3) is 0 Å². The molecule has 1 aliphatic rings. The molecule has 0 saturated heterocycles. The maximum absolute atomic E-state index is 5.71. The Morgan fingerprint density at radius 1 is 1.29 bits per heavy atom. The summed E-state index contributed by atoms with van der Waals surface area (Å²) >= 11 is 0. The van der Waals surface area contributed by atoms with E-state index >= 15 is 0 Å². The van der Waals surface area contributed by atoms with Crippen molar-refractivity contribution in [2.24, 2.45) is 0 Å². The summed E-state index contributed by atoms with van der Waals surface area (Å²) < 4.78 is 5.71. The Balaban J connectivity index is 1.92. The van der Waals surface area contributed by atoms with Crippen molar-refractivity contribution >= 4 is 0 Å². The average molecular weight is 191 g/mol. The van der Waals surface area contributed by atoms with Crippen molar-refractivity contribution in [2.75, 3.05) is 6.73 Å². The van der Waals surface area contributed by atoms with Crippen LogP contribution in [-0.4, -0.2) is 12.8 Å².